The van der Waals surface area contributed by atoms with E-state index in [1.54, 1.807) is 0 Å². The Labute approximate surface area is 80.6 Å². The van der Waals surface area contributed by atoms with Crippen molar-refractivity contribution in [2.75, 3.05) is 13.2 Å². The molecule has 2 aliphatic heterocycles. The van der Waals surface area contributed by atoms with Gasteiger partial charge in [-0.25, -0.2) is 0 Å². The van der Waals surface area contributed by atoms with Crippen molar-refractivity contribution in [2.45, 2.75) is 39.4 Å². The summed E-state index contributed by atoms with van der Waals surface area (Å²) in [4.78, 5) is 0. The first kappa shape index (κ1) is 9.47. The molecule has 0 bridgehead atoms. The lowest BCUT2D eigenvalue weighted by molar-refractivity contribution is -0.0375. The molecule has 2 nitrogen and oxygen atoms in total. The molecule has 2 rings (SSSR count). The van der Waals surface area contributed by atoms with Crippen LogP contribution in [0.25, 0.3) is 0 Å². The maximum Gasteiger partial charge on any atom is 0.0970 e. The van der Waals surface area contributed by atoms with Crippen LogP contribution in [0.15, 0.2) is 0 Å². The molecule has 4 atom stereocenters. The van der Waals surface area contributed by atoms with Crippen LogP contribution in [0.5, 0.6) is 0 Å². The van der Waals surface area contributed by atoms with Gasteiger partial charge in [0.15, 0.2) is 0 Å². The van der Waals surface area contributed by atoms with E-state index in [2.05, 4.69) is 27.7 Å². The monoisotopic (exact) mass is 184 g/mol. The first-order valence-corrected chi connectivity index (χ1v) is 5.31. The molecule has 0 saturated carbocycles. The minimum atomic E-state index is -0.00637. The van der Waals surface area contributed by atoms with Crippen LogP contribution in [0.1, 0.15) is 27.7 Å². The van der Waals surface area contributed by atoms with E-state index in [1.165, 1.54) is 0 Å². The van der Waals surface area contributed by atoms with Crippen LogP contribution >= 0.6 is 0 Å². The predicted molar refractivity (Wildman–Crippen MR) is 51.6 cm³/mol. The summed E-state index contributed by atoms with van der Waals surface area (Å²) in [5, 5.41) is 0. The standard InChI is InChI=1S/C11H20O2/c1-7(2)9-6-12-10-8(3)5-13-11(9,10)4/h7-10H,5-6H2,1-4H3/t8-,9?,10+,11+/m0/s1. The number of fused-ring (bicyclic) bond motifs is 1. The molecule has 2 aliphatic rings. The number of rotatable bonds is 1. The second-order valence-corrected chi connectivity index (χ2v) is 5.08. The van der Waals surface area contributed by atoms with Crippen molar-refractivity contribution in [3.05, 3.63) is 0 Å². The summed E-state index contributed by atoms with van der Waals surface area (Å²) in [7, 11) is 0. The quantitative estimate of drug-likeness (QED) is 0.621. The summed E-state index contributed by atoms with van der Waals surface area (Å²) >= 11 is 0. The highest BCUT2D eigenvalue weighted by Crippen LogP contribution is 2.46. The highest BCUT2D eigenvalue weighted by molar-refractivity contribution is 5.03. The van der Waals surface area contributed by atoms with Crippen molar-refractivity contribution in [1.29, 1.82) is 0 Å². The molecule has 0 aromatic heterocycles. The summed E-state index contributed by atoms with van der Waals surface area (Å²) in [6.45, 7) is 10.7. The maximum absolute atomic E-state index is 5.93. The zero-order valence-corrected chi connectivity index (χ0v) is 9.04. The van der Waals surface area contributed by atoms with Crippen molar-refractivity contribution in [1.82, 2.24) is 0 Å². The molecular formula is C11H20O2. The van der Waals surface area contributed by atoms with Gasteiger partial charge in [0.2, 0.25) is 0 Å². The van der Waals surface area contributed by atoms with E-state index >= 15 is 0 Å². The Morgan fingerprint density at radius 1 is 1.31 bits per heavy atom. The van der Waals surface area contributed by atoms with Crippen LogP contribution in [0.2, 0.25) is 0 Å². The fourth-order valence-corrected chi connectivity index (χ4v) is 2.92. The fraction of sp³-hybridized carbons (Fsp3) is 1.00. The van der Waals surface area contributed by atoms with Crippen LogP contribution in [0.3, 0.4) is 0 Å². The smallest absolute Gasteiger partial charge is 0.0970 e. The molecule has 1 unspecified atom stereocenters. The first-order chi connectivity index (χ1) is 6.05. The Hall–Kier alpha value is -0.0800. The van der Waals surface area contributed by atoms with E-state index in [0.717, 1.165) is 13.2 Å². The van der Waals surface area contributed by atoms with Crippen LogP contribution in [-0.4, -0.2) is 24.9 Å². The van der Waals surface area contributed by atoms with Gasteiger partial charge in [0, 0.05) is 11.8 Å². The topological polar surface area (TPSA) is 18.5 Å². The van der Waals surface area contributed by atoms with E-state index in [1.807, 2.05) is 0 Å². The molecule has 2 heterocycles. The SMILES string of the molecule is CC(C)C1CO[C@@H]2[C@@H](C)CO[C@]12C. The van der Waals surface area contributed by atoms with Crippen LogP contribution in [-0.2, 0) is 9.47 Å². The Morgan fingerprint density at radius 2 is 2.00 bits per heavy atom. The van der Waals surface area contributed by atoms with Gasteiger partial charge < -0.3 is 9.47 Å². The summed E-state index contributed by atoms with van der Waals surface area (Å²) in [6, 6.07) is 0. The predicted octanol–water partition coefficient (Wildman–Crippen LogP) is 2.08. The van der Waals surface area contributed by atoms with Crippen molar-refractivity contribution < 1.29 is 9.47 Å². The second kappa shape index (κ2) is 2.96. The van der Waals surface area contributed by atoms with Crippen molar-refractivity contribution >= 4 is 0 Å². The van der Waals surface area contributed by atoms with Gasteiger partial charge in [-0.3, -0.25) is 0 Å². The fourth-order valence-electron chi connectivity index (χ4n) is 2.92. The molecule has 76 valence electrons. The van der Waals surface area contributed by atoms with E-state index in [9.17, 15) is 0 Å². The van der Waals surface area contributed by atoms with E-state index in [-0.39, 0.29) is 5.60 Å². The van der Waals surface area contributed by atoms with Gasteiger partial charge in [0.05, 0.1) is 24.9 Å². The van der Waals surface area contributed by atoms with Crippen LogP contribution < -0.4 is 0 Å². The minimum absolute atomic E-state index is 0.00637. The highest BCUT2D eigenvalue weighted by atomic mass is 16.6. The molecule has 0 N–H and O–H groups in total. The Balaban J connectivity index is 2.20. The molecule has 0 aromatic carbocycles. The molecule has 2 saturated heterocycles. The number of ether oxygens (including phenoxy) is 2. The third-order valence-corrected chi connectivity index (χ3v) is 3.74. The maximum atomic E-state index is 5.93. The minimum Gasteiger partial charge on any atom is -0.374 e. The third-order valence-electron chi connectivity index (χ3n) is 3.74. The highest BCUT2D eigenvalue weighted by Gasteiger charge is 2.55. The van der Waals surface area contributed by atoms with E-state index in [0.29, 0.717) is 23.9 Å². The number of hydrogen-bond donors (Lipinski definition) is 0. The van der Waals surface area contributed by atoms with Gasteiger partial charge in [0.25, 0.3) is 0 Å². The Bertz CT molecular complexity index is 202. The molecule has 0 spiro atoms. The van der Waals surface area contributed by atoms with E-state index in [4.69, 9.17) is 9.47 Å². The molecule has 0 radical (unpaired) electrons. The zero-order chi connectivity index (χ0) is 9.64. The molecule has 2 heteroatoms. The summed E-state index contributed by atoms with van der Waals surface area (Å²) in [6.07, 6.45) is 0.333. The van der Waals surface area contributed by atoms with Gasteiger partial charge in [0.1, 0.15) is 0 Å². The van der Waals surface area contributed by atoms with E-state index < -0.39 is 0 Å². The lowest BCUT2D eigenvalue weighted by Gasteiger charge is -2.31. The molecule has 0 aromatic rings. The molecule has 13 heavy (non-hydrogen) atoms. The zero-order valence-electron chi connectivity index (χ0n) is 9.04. The van der Waals surface area contributed by atoms with Gasteiger partial charge in [-0.2, -0.15) is 0 Å². The first-order valence-electron chi connectivity index (χ1n) is 5.31. The number of hydrogen-bond acceptors (Lipinski definition) is 2. The molecular weight excluding hydrogens is 164 g/mol. The summed E-state index contributed by atoms with van der Waals surface area (Å²) in [5.41, 5.74) is -0.00637. The van der Waals surface area contributed by atoms with Gasteiger partial charge >= 0.3 is 0 Å². The lowest BCUT2D eigenvalue weighted by Crippen LogP contribution is -2.41. The molecule has 0 amide bonds. The molecule has 2 fully saturated rings. The lowest BCUT2D eigenvalue weighted by atomic mass is 9.79. The summed E-state index contributed by atoms with van der Waals surface area (Å²) in [5.74, 6) is 1.79. The van der Waals surface area contributed by atoms with Crippen molar-refractivity contribution in [2.24, 2.45) is 17.8 Å². The second-order valence-electron chi connectivity index (χ2n) is 5.08. The van der Waals surface area contributed by atoms with Crippen molar-refractivity contribution in [3.63, 3.8) is 0 Å². The Morgan fingerprint density at radius 3 is 2.62 bits per heavy atom. The average Bonchev–Trinajstić information content (AvgIpc) is 2.50. The Kier molecular flexibility index (Phi) is 2.16. The third kappa shape index (κ3) is 1.23. The summed E-state index contributed by atoms with van der Waals surface area (Å²) < 4.78 is 11.8. The van der Waals surface area contributed by atoms with Gasteiger partial charge in [-0.1, -0.05) is 20.8 Å². The average molecular weight is 184 g/mol. The van der Waals surface area contributed by atoms with Gasteiger partial charge in [-0.15, -0.1) is 0 Å². The largest absolute Gasteiger partial charge is 0.374 e. The molecule has 0 aliphatic carbocycles. The van der Waals surface area contributed by atoms with Gasteiger partial charge in [-0.05, 0) is 12.8 Å². The van der Waals surface area contributed by atoms with Crippen molar-refractivity contribution in [3.8, 4) is 0 Å². The normalized spacial score (nSPS) is 50.1. The van der Waals surface area contributed by atoms with Crippen LogP contribution in [0, 0.1) is 17.8 Å². The van der Waals surface area contributed by atoms with Crippen LogP contribution in [0.4, 0.5) is 0 Å².